The normalized spacial score (nSPS) is 13.5. The van der Waals surface area contributed by atoms with Crippen LogP contribution >= 0.6 is 0 Å². The van der Waals surface area contributed by atoms with E-state index in [9.17, 15) is 0 Å². The highest BCUT2D eigenvalue weighted by molar-refractivity contribution is 6.15. The van der Waals surface area contributed by atoms with Crippen LogP contribution in [0, 0.1) is 0 Å². The van der Waals surface area contributed by atoms with Crippen molar-refractivity contribution >= 4 is 87.2 Å². The highest BCUT2D eigenvalue weighted by Crippen LogP contribution is 2.58. The van der Waals surface area contributed by atoms with E-state index in [1.54, 1.807) is 12.1 Å². The molecule has 0 aliphatic carbocycles. The van der Waals surface area contributed by atoms with Gasteiger partial charge in [-0.25, -0.2) is 0 Å². The van der Waals surface area contributed by atoms with Gasteiger partial charge in [0.2, 0.25) is 0 Å². The molecule has 0 fully saturated rings. The van der Waals surface area contributed by atoms with Gasteiger partial charge in [0.05, 0.1) is 55.6 Å². The minimum absolute atomic E-state index is 0.229. The first-order valence-corrected chi connectivity index (χ1v) is 34.7. The largest absolute Gasteiger partial charge is 0.416 e. The average Bonchev–Trinajstić information content (AvgIpc) is 1.15. The van der Waals surface area contributed by atoms with E-state index in [1.165, 1.54) is 24.3 Å². The third kappa shape index (κ3) is 10.4. The van der Waals surface area contributed by atoms with Crippen molar-refractivity contribution in [1.82, 2.24) is 18.3 Å². The molecule has 0 saturated heterocycles. The van der Waals surface area contributed by atoms with Gasteiger partial charge in [0.1, 0.15) is 0 Å². The number of hydrogen-bond acceptors (Lipinski definition) is 0. The predicted octanol–water partition coefficient (Wildman–Crippen LogP) is 26.2. The zero-order valence-electron chi connectivity index (χ0n) is 59.8. The minimum Gasteiger partial charge on any atom is -0.331 e. The molecule has 0 N–H and O–H groups in total. The summed E-state index contributed by atoms with van der Waals surface area (Å²) in [6, 6.07) is 70.9. The lowest BCUT2D eigenvalue weighted by molar-refractivity contribution is -0.138. The summed E-state index contributed by atoms with van der Waals surface area (Å²) in [6.45, 7) is 35.0. The van der Waals surface area contributed by atoms with Gasteiger partial charge < -0.3 is 18.3 Å². The summed E-state index contributed by atoms with van der Waals surface area (Å²) in [4.78, 5) is 0. The Morgan fingerprint density at radius 3 is 0.750 bits per heavy atom. The maximum Gasteiger partial charge on any atom is 0.416 e. The number of halogens is 6. The molecule has 0 unspecified atom stereocenters. The molecular weight excluding hydrogens is 1250 g/mol. The molecular formula is C90H84F6N4. The van der Waals surface area contributed by atoms with Gasteiger partial charge in [-0.2, -0.15) is 26.3 Å². The summed E-state index contributed by atoms with van der Waals surface area (Å²) in [6.07, 6.45) is -9.65. The molecule has 0 aliphatic heterocycles. The van der Waals surface area contributed by atoms with Crippen molar-refractivity contribution in [2.75, 3.05) is 0 Å². The Morgan fingerprint density at radius 1 is 0.230 bits per heavy atom. The van der Waals surface area contributed by atoms with Crippen LogP contribution < -0.4 is 0 Å². The van der Waals surface area contributed by atoms with E-state index >= 15 is 26.3 Å². The lowest BCUT2D eigenvalue weighted by Crippen LogP contribution is -2.35. The second-order valence-corrected chi connectivity index (χ2v) is 32.8. The fourth-order valence-electron chi connectivity index (χ4n) is 16.3. The number of fused-ring (bicyclic) bond motifs is 12. The predicted molar refractivity (Wildman–Crippen MR) is 407 cm³/mol. The zero-order chi connectivity index (χ0) is 71.1. The van der Waals surface area contributed by atoms with Crippen molar-refractivity contribution in [3.8, 4) is 33.6 Å². The van der Waals surface area contributed by atoms with E-state index in [0.29, 0.717) is 33.6 Å². The van der Waals surface area contributed by atoms with E-state index < -0.39 is 34.6 Å². The lowest BCUT2D eigenvalue weighted by atomic mass is 9.74. The summed E-state index contributed by atoms with van der Waals surface area (Å²) >= 11 is 0. The smallest absolute Gasteiger partial charge is 0.331 e. The summed E-state index contributed by atoms with van der Waals surface area (Å²) < 4.78 is 107. The Hall–Kier alpha value is -9.80. The highest BCUT2D eigenvalue weighted by atomic mass is 19.4. The molecule has 0 amide bonds. The van der Waals surface area contributed by atoms with Gasteiger partial charge in [0.25, 0.3) is 0 Å². The van der Waals surface area contributed by atoms with Crippen LogP contribution in [-0.2, 0) is 45.1 Å². The standard InChI is InChI=1S/C90H84F6N4/c1-83(2,3)55-39-43-69-65(49-55)66-50-56(84(4,5)6)40-44-70(66)97(69)81-77(53-27-25-29-59(47-53)89(91,92)93)79(87(13,14)99-73-35-21-17-31-61(73)62-32-18-22-36-74(62)99)78(54-28-26-30-60(48-54)90(94,95)96)82(80(81)88(15,16)100-75-37-23-19-33-63(75)64-34-20-24-38-76(64)100)98-71-45-41-57(85(7,8)9)51-67(71)68-52-58(86(10,11)12)42-46-72(68)98/h17-52H,1-16H3. The number of alkyl halides is 6. The Morgan fingerprint density at radius 2 is 0.490 bits per heavy atom. The SMILES string of the molecule is CC(C)(C)c1ccc2c(c1)c1cc(C(C)(C)C)ccc1n2-c1c(-c2cccc(C(F)(F)F)c2)c(C(C)(C)n2c3ccccc3c3ccccc32)c(-c2cccc(C(F)(F)F)c2)c(-n2c3ccc(C(C)(C)C)cc3c3cc(C(C)(C)C)ccc32)c1C(C)(C)n1c2ccccc2c2ccccc21. The van der Waals surface area contributed by atoms with Crippen LogP contribution in [0.1, 0.15) is 155 Å². The molecule has 15 rings (SSSR count). The molecule has 0 saturated carbocycles. The fraction of sp³-hybridized carbons (Fsp3) is 0.267. The Bertz CT molecular complexity index is 5380. The first kappa shape index (κ1) is 66.1. The molecule has 4 heterocycles. The second-order valence-electron chi connectivity index (χ2n) is 32.8. The lowest BCUT2D eigenvalue weighted by Gasteiger charge is -2.42. The van der Waals surface area contributed by atoms with E-state index in [0.717, 1.165) is 122 Å². The Labute approximate surface area is 581 Å². The maximum absolute atomic E-state index is 16.3. The quantitative estimate of drug-likeness (QED) is 0.135. The molecule has 0 aliphatic rings. The van der Waals surface area contributed by atoms with Crippen LogP contribution in [0.25, 0.3) is 121 Å². The van der Waals surface area contributed by atoms with Gasteiger partial charge in [-0.3, -0.25) is 0 Å². The van der Waals surface area contributed by atoms with E-state index in [2.05, 4.69) is 250 Å². The third-order valence-corrected chi connectivity index (χ3v) is 21.3. The van der Waals surface area contributed by atoms with E-state index in [1.807, 2.05) is 48.5 Å². The number of para-hydroxylation sites is 4. The van der Waals surface area contributed by atoms with Gasteiger partial charge in [-0.05, 0) is 185 Å². The second kappa shape index (κ2) is 22.4. The molecule has 11 aromatic carbocycles. The van der Waals surface area contributed by atoms with Gasteiger partial charge in [0, 0.05) is 81.8 Å². The highest BCUT2D eigenvalue weighted by Gasteiger charge is 2.45. The van der Waals surface area contributed by atoms with Crippen LogP contribution in [0.4, 0.5) is 26.3 Å². The van der Waals surface area contributed by atoms with Crippen molar-refractivity contribution in [2.45, 2.75) is 156 Å². The zero-order valence-corrected chi connectivity index (χ0v) is 59.8. The van der Waals surface area contributed by atoms with Crippen LogP contribution in [0.5, 0.6) is 0 Å². The average molecular weight is 1340 g/mol. The van der Waals surface area contributed by atoms with Crippen LogP contribution in [0.3, 0.4) is 0 Å². The Kier molecular flexibility index (Phi) is 14.8. The Balaban J connectivity index is 1.34. The van der Waals surface area contributed by atoms with Crippen LogP contribution in [-0.4, -0.2) is 18.3 Å². The van der Waals surface area contributed by atoms with Crippen molar-refractivity contribution in [1.29, 1.82) is 0 Å². The van der Waals surface area contributed by atoms with Gasteiger partial charge in [0.15, 0.2) is 0 Å². The minimum atomic E-state index is -4.83. The summed E-state index contributed by atoms with van der Waals surface area (Å²) in [5.41, 5.74) is 8.87. The molecule has 0 radical (unpaired) electrons. The summed E-state index contributed by atoms with van der Waals surface area (Å²) in [7, 11) is 0. The molecule has 4 aromatic heterocycles. The number of nitrogens with zero attached hydrogens (tertiary/aromatic N) is 4. The van der Waals surface area contributed by atoms with Gasteiger partial charge in [-0.1, -0.05) is 204 Å². The fourth-order valence-corrected chi connectivity index (χ4v) is 16.3. The first-order valence-electron chi connectivity index (χ1n) is 34.7. The van der Waals surface area contributed by atoms with Crippen molar-refractivity contribution in [3.63, 3.8) is 0 Å². The van der Waals surface area contributed by atoms with Gasteiger partial charge >= 0.3 is 12.4 Å². The number of hydrogen-bond donors (Lipinski definition) is 0. The van der Waals surface area contributed by atoms with Crippen molar-refractivity contribution in [2.24, 2.45) is 0 Å². The number of aromatic nitrogens is 4. The number of rotatable bonds is 8. The van der Waals surface area contributed by atoms with Crippen LogP contribution in [0.15, 0.2) is 218 Å². The molecule has 10 heteroatoms. The van der Waals surface area contributed by atoms with Gasteiger partial charge in [-0.15, -0.1) is 0 Å². The molecule has 0 spiro atoms. The van der Waals surface area contributed by atoms with Crippen molar-refractivity contribution < 1.29 is 26.3 Å². The van der Waals surface area contributed by atoms with E-state index in [4.69, 9.17) is 0 Å². The summed E-state index contributed by atoms with van der Waals surface area (Å²) in [5, 5.41) is 7.61. The molecule has 0 bridgehead atoms. The monoisotopic (exact) mass is 1330 g/mol. The van der Waals surface area contributed by atoms with Crippen LogP contribution in [0.2, 0.25) is 0 Å². The van der Waals surface area contributed by atoms with Crippen molar-refractivity contribution in [3.05, 3.63) is 263 Å². The third-order valence-electron chi connectivity index (χ3n) is 21.3. The number of benzene rings is 11. The molecule has 4 nitrogen and oxygen atoms in total. The van der Waals surface area contributed by atoms with E-state index in [-0.39, 0.29) is 32.8 Å². The molecule has 506 valence electrons. The molecule has 100 heavy (non-hydrogen) atoms. The molecule has 15 aromatic rings. The maximum atomic E-state index is 16.3. The first-order chi connectivity index (χ1) is 47.0. The topological polar surface area (TPSA) is 19.7 Å². The molecule has 0 atom stereocenters. The summed E-state index contributed by atoms with van der Waals surface area (Å²) in [5.74, 6) is 0.